The number of aliphatic hydroxyl groups excluding tert-OH is 1. The fraction of sp³-hybridized carbons (Fsp3) is 0.133. The average Bonchev–Trinajstić information content (AvgIpc) is 2.77. The molecule has 0 bridgehead atoms. The highest BCUT2D eigenvalue weighted by atomic mass is 35.5. The third kappa shape index (κ3) is 2.13. The molecule has 0 spiro atoms. The number of rotatable bonds is 2. The van der Waals surface area contributed by atoms with Crippen LogP contribution < -0.4 is 5.73 Å². The lowest BCUT2D eigenvalue weighted by Crippen LogP contribution is -2.04. The monoisotopic (exact) mass is 287 g/mol. The number of nitrogens with zero attached hydrogens (tertiary/aromatic N) is 2. The van der Waals surface area contributed by atoms with Gasteiger partial charge in [0.2, 0.25) is 0 Å². The van der Waals surface area contributed by atoms with Crippen LogP contribution in [0.1, 0.15) is 18.9 Å². The first-order valence-electron chi connectivity index (χ1n) is 6.28. The standard InChI is InChI=1S/C15H14ClN3O/c1-9(20)15-18-13-8-11(17)5-6-14(13)19(15)12-4-2-3-10(16)7-12/h2-9,20H,17H2,1H3. The molecule has 0 aliphatic rings. The average molecular weight is 288 g/mol. The maximum absolute atomic E-state index is 9.96. The Morgan fingerprint density at radius 1 is 1.25 bits per heavy atom. The number of fused-ring (bicyclic) bond motifs is 1. The Hall–Kier alpha value is -2.04. The summed E-state index contributed by atoms with van der Waals surface area (Å²) in [5, 5.41) is 10.6. The molecule has 1 aromatic heterocycles. The molecular weight excluding hydrogens is 274 g/mol. The molecular formula is C15H14ClN3O. The van der Waals surface area contributed by atoms with Gasteiger partial charge in [0.05, 0.1) is 11.0 Å². The van der Waals surface area contributed by atoms with Gasteiger partial charge in [-0.1, -0.05) is 17.7 Å². The second-order valence-corrected chi connectivity index (χ2v) is 5.15. The minimum Gasteiger partial charge on any atom is -0.399 e. The highest BCUT2D eigenvalue weighted by Gasteiger charge is 2.16. The van der Waals surface area contributed by atoms with E-state index >= 15 is 0 Å². The largest absolute Gasteiger partial charge is 0.399 e. The number of benzene rings is 2. The van der Waals surface area contributed by atoms with Crippen molar-refractivity contribution in [2.24, 2.45) is 0 Å². The molecule has 5 heteroatoms. The topological polar surface area (TPSA) is 64.1 Å². The van der Waals surface area contributed by atoms with Crippen molar-refractivity contribution in [2.45, 2.75) is 13.0 Å². The number of nitrogen functional groups attached to an aromatic ring is 1. The van der Waals surface area contributed by atoms with Gasteiger partial charge < -0.3 is 10.8 Å². The molecule has 0 aliphatic carbocycles. The van der Waals surface area contributed by atoms with Crippen LogP contribution in [0, 0.1) is 0 Å². The number of halogens is 1. The first-order chi connectivity index (χ1) is 9.56. The maximum Gasteiger partial charge on any atom is 0.143 e. The molecule has 1 unspecified atom stereocenters. The molecule has 0 aliphatic heterocycles. The van der Waals surface area contributed by atoms with Crippen LogP contribution in [0.3, 0.4) is 0 Å². The minimum absolute atomic E-state index is 0.563. The summed E-state index contributed by atoms with van der Waals surface area (Å²) in [6.45, 7) is 1.69. The Labute approximate surface area is 121 Å². The number of aromatic nitrogens is 2. The van der Waals surface area contributed by atoms with Crippen LogP contribution in [0.5, 0.6) is 0 Å². The Morgan fingerprint density at radius 2 is 2.05 bits per heavy atom. The molecule has 4 nitrogen and oxygen atoms in total. The second kappa shape index (κ2) is 4.81. The Morgan fingerprint density at radius 3 is 2.75 bits per heavy atom. The number of nitrogens with two attached hydrogens (primary N) is 1. The van der Waals surface area contributed by atoms with Gasteiger partial charge in [-0.25, -0.2) is 4.98 Å². The molecule has 3 N–H and O–H groups in total. The first kappa shape index (κ1) is 13.0. The molecule has 2 aromatic carbocycles. The predicted octanol–water partition coefficient (Wildman–Crippen LogP) is 3.31. The highest BCUT2D eigenvalue weighted by Crippen LogP contribution is 2.27. The second-order valence-electron chi connectivity index (χ2n) is 4.71. The summed E-state index contributed by atoms with van der Waals surface area (Å²) in [4.78, 5) is 4.47. The zero-order valence-corrected chi connectivity index (χ0v) is 11.7. The lowest BCUT2D eigenvalue weighted by Gasteiger charge is -2.11. The van der Waals surface area contributed by atoms with E-state index in [-0.39, 0.29) is 0 Å². The van der Waals surface area contributed by atoms with E-state index in [1.165, 1.54) is 0 Å². The maximum atomic E-state index is 9.96. The van der Waals surface area contributed by atoms with Crippen molar-refractivity contribution in [2.75, 3.05) is 5.73 Å². The first-order valence-corrected chi connectivity index (χ1v) is 6.66. The van der Waals surface area contributed by atoms with Gasteiger partial charge in [-0.2, -0.15) is 0 Å². The van der Waals surface area contributed by atoms with Gasteiger partial charge in [-0.15, -0.1) is 0 Å². The summed E-state index contributed by atoms with van der Waals surface area (Å²) in [5.41, 5.74) is 8.93. The summed E-state index contributed by atoms with van der Waals surface area (Å²) in [6.07, 6.45) is -0.692. The summed E-state index contributed by atoms with van der Waals surface area (Å²) >= 11 is 6.05. The Balaban J connectivity index is 2.34. The molecule has 1 atom stereocenters. The summed E-state index contributed by atoms with van der Waals surface area (Å²) in [6, 6.07) is 12.9. The van der Waals surface area contributed by atoms with Gasteiger partial charge in [0.15, 0.2) is 0 Å². The van der Waals surface area contributed by atoms with E-state index < -0.39 is 6.10 Å². The van der Waals surface area contributed by atoms with Crippen LogP contribution in [0.15, 0.2) is 42.5 Å². The minimum atomic E-state index is -0.692. The van der Waals surface area contributed by atoms with Gasteiger partial charge >= 0.3 is 0 Å². The fourth-order valence-corrected chi connectivity index (χ4v) is 2.47. The number of hydrogen-bond donors (Lipinski definition) is 2. The molecule has 20 heavy (non-hydrogen) atoms. The van der Waals surface area contributed by atoms with Crippen molar-refractivity contribution in [3.05, 3.63) is 53.3 Å². The predicted molar refractivity (Wildman–Crippen MR) is 81.1 cm³/mol. The zero-order valence-electron chi connectivity index (χ0n) is 10.9. The number of anilines is 1. The van der Waals surface area contributed by atoms with Crippen LogP contribution in [0.2, 0.25) is 5.02 Å². The normalized spacial score (nSPS) is 12.8. The summed E-state index contributed by atoms with van der Waals surface area (Å²) in [7, 11) is 0. The Kier molecular flexibility index (Phi) is 3.12. The third-order valence-corrected chi connectivity index (χ3v) is 3.38. The summed E-state index contributed by atoms with van der Waals surface area (Å²) < 4.78 is 1.89. The van der Waals surface area contributed by atoms with Crippen LogP contribution in [0.4, 0.5) is 5.69 Å². The van der Waals surface area contributed by atoms with Crippen molar-refractivity contribution < 1.29 is 5.11 Å². The molecule has 0 amide bonds. The van der Waals surface area contributed by atoms with E-state index in [1.807, 2.05) is 41.0 Å². The highest BCUT2D eigenvalue weighted by molar-refractivity contribution is 6.30. The van der Waals surface area contributed by atoms with Crippen molar-refractivity contribution in [3.63, 3.8) is 0 Å². The van der Waals surface area contributed by atoms with Gasteiger partial charge in [0, 0.05) is 16.4 Å². The van der Waals surface area contributed by atoms with Crippen LogP contribution in [-0.4, -0.2) is 14.7 Å². The third-order valence-electron chi connectivity index (χ3n) is 3.14. The number of hydrogen-bond acceptors (Lipinski definition) is 3. The van der Waals surface area contributed by atoms with Crippen LogP contribution in [-0.2, 0) is 0 Å². The van der Waals surface area contributed by atoms with E-state index in [9.17, 15) is 5.11 Å². The van der Waals surface area contributed by atoms with Crippen LogP contribution >= 0.6 is 11.6 Å². The van der Waals surface area contributed by atoms with E-state index in [4.69, 9.17) is 17.3 Å². The van der Waals surface area contributed by atoms with Gasteiger partial charge in [0.25, 0.3) is 0 Å². The van der Waals surface area contributed by atoms with Crippen molar-refractivity contribution >= 4 is 28.3 Å². The number of aliphatic hydroxyl groups is 1. The molecule has 0 fully saturated rings. The quantitative estimate of drug-likeness (QED) is 0.711. The molecule has 102 valence electrons. The van der Waals surface area contributed by atoms with Crippen LogP contribution in [0.25, 0.3) is 16.7 Å². The lowest BCUT2D eigenvalue weighted by atomic mass is 10.2. The van der Waals surface area contributed by atoms with Gasteiger partial charge in [-0.3, -0.25) is 4.57 Å². The molecule has 1 heterocycles. The van der Waals surface area contributed by atoms with E-state index in [2.05, 4.69) is 4.98 Å². The zero-order chi connectivity index (χ0) is 14.3. The van der Waals surface area contributed by atoms with Gasteiger partial charge in [-0.05, 0) is 43.3 Å². The Bertz CT molecular complexity index is 780. The SMILES string of the molecule is CC(O)c1nc2cc(N)ccc2n1-c1cccc(Cl)c1. The number of imidazole rings is 1. The van der Waals surface area contributed by atoms with Crippen molar-refractivity contribution in [3.8, 4) is 5.69 Å². The van der Waals surface area contributed by atoms with E-state index in [0.29, 0.717) is 16.5 Å². The van der Waals surface area contributed by atoms with Gasteiger partial charge in [0.1, 0.15) is 11.9 Å². The summed E-state index contributed by atoms with van der Waals surface area (Å²) in [5.74, 6) is 0.563. The van der Waals surface area contributed by atoms with Crippen molar-refractivity contribution in [1.29, 1.82) is 0 Å². The molecule has 3 aromatic rings. The molecule has 3 rings (SSSR count). The molecule has 0 saturated carbocycles. The van der Waals surface area contributed by atoms with E-state index in [0.717, 1.165) is 16.7 Å². The molecule has 0 saturated heterocycles. The van der Waals surface area contributed by atoms with E-state index in [1.54, 1.807) is 13.0 Å². The lowest BCUT2D eigenvalue weighted by molar-refractivity contribution is 0.187. The van der Waals surface area contributed by atoms with Crippen molar-refractivity contribution in [1.82, 2.24) is 9.55 Å². The smallest absolute Gasteiger partial charge is 0.143 e. The molecule has 0 radical (unpaired) electrons. The fourth-order valence-electron chi connectivity index (χ4n) is 2.28.